The van der Waals surface area contributed by atoms with E-state index in [1.54, 1.807) is 13.8 Å². The molecular formula is C13H18F2O4. The van der Waals surface area contributed by atoms with Gasteiger partial charge < -0.3 is 9.47 Å². The third-order valence-electron chi connectivity index (χ3n) is 3.69. The molecule has 2 atom stereocenters. The first-order valence-corrected chi connectivity index (χ1v) is 6.41. The quantitative estimate of drug-likeness (QED) is 0.582. The summed E-state index contributed by atoms with van der Waals surface area (Å²) in [6, 6.07) is 0. The molecule has 4 nitrogen and oxygen atoms in total. The van der Waals surface area contributed by atoms with Crippen LogP contribution in [0.2, 0.25) is 0 Å². The highest BCUT2D eigenvalue weighted by Crippen LogP contribution is 2.46. The average molecular weight is 276 g/mol. The monoisotopic (exact) mass is 276 g/mol. The van der Waals surface area contributed by atoms with Gasteiger partial charge in [0, 0.05) is 18.8 Å². The first-order valence-electron chi connectivity index (χ1n) is 6.41. The molecule has 2 rings (SSSR count). The summed E-state index contributed by atoms with van der Waals surface area (Å²) in [6.07, 6.45) is -0.538. The van der Waals surface area contributed by atoms with Crippen LogP contribution < -0.4 is 0 Å². The van der Waals surface area contributed by atoms with Gasteiger partial charge in [0.05, 0.1) is 6.61 Å². The number of Topliss-reactive ketones (excluding diaryl/α,β-unsaturated/α-hetero) is 1. The third-order valence-corrected chi connectivity index (χ3v) is 3.69. The highest BCUT2D eigenvalue weighted by Gasteiger charge is 2.48. The molecule has 0 N–H and O–H groups in total. The van der Waals surface area contributed by atoms with Crippen molar-refractivity contribution in [2.45, 2.75) is 50.9 Å². The van der Waals surface area contributed by atoms with Gasteiger partial charge in [0.1, 0.15) is 6.10 Å². The topological polar surface area (TPSA) is 52.6 Å². The van der Waals surface area contributed by atoms with Gasteiger partial charge >= 0.3 is 0 Å². The largest absolute Gasteiger partial charge is 0.350 e. The summed E-state index contributed by atoms with van der Waals surface area (Å²) in [7, 11) is 0. The first-order chi connectivity index (χ1) is 8.72. The average Bonchev–Trinajstić information content (AvgIpc) is 2.27. The number of alkyl halides is 2. The molecule has 19 heavy (non-hydrogen) atoms. The van der Waals surface area contributed by atoms with Crippen LogP contribution in [0, 0.1) is 11.8 Å². The van der Waals surface area contributed by atoms with E-state index in [2.05, 4.69) is 0 Å². The Labute approximate surface area is 110 Å². The molecule has 0 bridgehead atoms. The van der Waals surface area contributed by atoms with Crippen LogP contribution in [0.15, 0.2) is 0 Å². The van der Waals surface area contributed by atoms with Crippen molar-refractivity contribution in [1.82, 2.24) is 0 Å². The minimum absolute atomic E-state index is 0.129. The lowest BCUT2D eigenvalue weighted by atomic mass is 9.74. The van der Waals surface area contributed by atoms with Crippen LogP contribution in [-0.2, 0) is 19.1 Å². The van der Waals surface area contributed by atoms with Crippen LogP contribution in [0.1, 0.15) is 33.1 Å². The van der Waals surface area contributed by atoms with Crippen molar-refractivity contribution < 1.29 is 27.8 Å². The van der Waals surface area contributed by atoms with Gasteiger partial charge in [-0.1, -0.05) is 0 Å². The van der Waals surface area contributed by atoms with E-state index in [4.69, 9.17) is 9.47 Å². The molecule has 1 aliphatic heterocycles. The van der Waals surface area contributed by atoms with E-state index in [0.29, 0.717) is 6.42 Å². The van der Waals surface area contributed by atoms with Crippen molar-refractivity contribution in [3.05, 3.63) is 0 Å². The maximum atomic E-state index is 12.8. The van der Waals surface area contributed by atoms with E-state index in [1.807, 2.05) is 0 Å². The summed E-state index contributed by atoms with van der Waals surface area (Å²) in [5, 5.41) is 0. The smallest absolute Gasteiger partial charge is 0.248 e. The molecule has 1 saturated carbocycles. The molecule has 1 aliphatic carbocycles. The summed E-state index contributed by atoms with van der Waals surface area (Å²) in [4.78, 5) is 22.2. The molecule has 2 aliphatic rings. The maximum Gasteiger partial charge on any atom is 0.248 e. The van der Waals surface area contributed by atoms with Crippen molar-refractivity contribution in [3.63, 3.8) is 0 Å². The third kappa shape index (κ3) is 3.36. The van der Waals surface area contributed by atoms with Crippen LogP contribution >= 0.6 is 0 Å². The van der Waals surface area contributed by atoms with E-state index in [1.165, 1.54) is 0 Å². The number of rotatable bonds is 4. The fourth-order valence-electron chi connectivity index (χ4n) is 2.76. The zero-order valence-electron chi connectivity index (χ0n) is 11.0. The number of carbonyl (C=O) groups excluding carboxylic acids is 2. The van der Waals surface area contributed by atoms with Crippen molar-refractivity contribution in [2.75, 3.05) is 6.61 Å². The van der Waals surface area contributed by atoms with Gasteiger partial charge in [-0.3, -0.25) is 9.59 Å². The van der Waals surface area contributed by atoms with E-state index in [9.17, 15) is 18.4 Å². The second kappa shape index (κ2) is 4.90. The predicted molar refractivity (Wildman–Crippen MR) is 61.8 cm³/mol. The number of hydrogen-bond acceptors (Lipinski definition) is 4. The summed E-state index contributed by atoms with van der Waals surface area (Å²) in [5.41, 5.74) is 0. The van der Waals surface area contributed by atoms with Crippen LogP contribution in [0.25, 0.3) is 0 Å². The van der Waals surface area contributed by atoms with Crippen molar-refractivity contribution in [2.24, 2.45) is 11.8 Å². The fourth-order valence-corrected chi connectivity index (χ4v) is 2.76. The van der Waals surface area contributed by atoms with Gasteiger partial charge in [-0.2, -0.15) is 0 Å². The molecule has 0 radical (unpaired) electrons. The zero-order chi connectivity index (χ0) is 14.3. The van der Waals surface area contributed by atoms with E-state index in [0.717, 1.165) is 0 Å². The summed E-state index contributed by atoms with van der Waals surface area (Å²) < 4.78 is 36.5. The Morgan fingerprint density at radius 3 is 2.53 bits per heavy atom. The fraction of sp³-hybridized carbons (Fsp3) is 0.846. The molecule has 0 spiro atoms. The molecule has 2 fully saturated rings. The van der Waals surface area contributed by atoms with Crippen LogP contribution in [0.3, 0.4) is 0 Å². The number of carbonyl (C=O) groups is 2. The number of aldehydes is 1. The van der Waals surface area contributed by atoms with E-state index >= 15 is 0 Å². The van der Waals surface area contributed by atoms with Crippen LogP contribution in [0.5, 0.6) is 0 Å². The molecule has 0 aromatic carbocycles. The Bertz CT molecular complexity index is 373. The Hall–Kier alpha value is -0.880. The molecule has 108 valence electrons. The van der Waals surface area contributed by atoms with Crippen molar-refractivity contribution >= 4 is 12.1 Å². The van der Waals surface area contributed by atoms with Gasteiger partial charge in [-0.25, -0.2) is 8.78 Å². The molecule has 6 heteroatoms. The highest BCUT2D eigenvalue weighted by molar-refractivity contribution is 6.27. The number of ether oxygens (including phenoxy) is 2. The van der Waals surface area contributed by atoms with Gasteiger partial charge in [-0.05, 0) is 26.2 Å². The molecule has 0 aromatic heterocycles. The lowest BCUT2D eigenvalue weighted by molar-refractivity contribution is -0.288. The second-order valence-corrected chi connectivity index (χ2v) is 5.90. The lowest BCUT2D eigenvalue weighted by Gasteiger charge is -2.43. The Balaban J connectivity index is 1.98. The molecular weight excluding hydrogens is 258 g/mol. The van der Waals surface area contributed by atoms with E-state index in [-0.39, 0.29) is 37.6 Å². The number of ketones is 1. The lowest BCUT2D eigenvalue weighted by Crippen LogP contribution is -2.51. The van der Waals surface area contributed by atoms with Crippen molar-refractivity contribution in [1.29, 1.82) is 0 Å². The minimum Gasteiger partial charge on any atom is -0.350 e. The zero-order valence-corrected chi connectivity index (χ0v) is 11.0. The highest BCUT2D eigenvalue weighted by atomic mass is 19.3. The predicted octanol–water partition coefficient (Wildman–Crippen LogP) is 1.96. The Morgan fingerprint density at radius 2 is 2.00 bits per heavy atom. The standard InChI is InChI=1S/C13H18F2O4/c1-12(2)18-7-9(11(19-12)10(17)6-16)3-8-4-13(14,15)5-8/h6,8-9,11H,3-5,7H2,1-2H3. The van der Waals surface area contributed by atoms with Gasteiger partial charge in [0.2, 0.25) is 11.7 Å². The normalized spacial score (nSPS) is 33.5. The van der Waals surface area contributed by atoms with Gasteiger partial charge in [-0.15, -0.1) is 0 Å². The summed E-state index contributed by atoms with van der Waals surface area (Å²) in [6.45, 7) is 3.57. The van der Waals surface area contributed by atoms with Crippen LogP contribution in [-0.4, -0.2) is 36.5 Å². The molecule has 2 unspecified atom stereocenters. The Kier molecular flexibility index (Phi) is 3.75. The van der Waals surface area contributed by atoms with Gasteiger partial charge in [0.25, 0.3) is 0 Å². The Morgan fingerprint density at radius 1 is 1.37 bits per heavy atom. The second-order valence-electron chi connectivity index (χ2n) is 5.90. The summed E-state index contributed by atoms with van der Waals surface area (Å²) >= 11 is 0. The number of hydrogen-bond donors (Lipinski definition) is 0. The molecule has 0 aromatic rings. The minimum atomic E-state index is -2.58. The SMILES string of the molecule is CC1(C)OCC(CC2CC(F)(F)C2)C(C(=O)C=O)O1. The number of halogens is 2. The maximum absolute atomic E-state index is 12.8. The van der Waals surface area contributed by atoms with Crippen molar-refractivity contribution in [3.8, 4) is 0 Å². The first kappa shape index (κ1) is 14.5. The van der Waals surface area contributed by atoms with E-state index < -0.39 is 23.6 Å². The summed E-state index contributed by atoms with van der Waals surface area (Å²) in [5.74, 6) is -4.61. The van der Waals surface area contributed by atoms with Gasteiger partial charge in [0.15, 0.2) is 12.1 Å². The molecule has 0 amide bonds. The molecule has 1 heterocycles. The van der Waals surface area contributed by atoms with Crippen LogP contribution in [0.4, 0.5) is 8.78 Å². The molecule has 1 saturated heterocycles.